The molecule has 4 rings (SSSR count). The monoisotopic (exact) mass is 418 g/mol. The summed E-state index contributed by atoms with van der Waals surface area (Å²) in [7, 11) is -2.09. The Labute approximate surface area is 174 Å². The number of rotatable bonds is 4. The van der Waals surface area contributed by atoms with Crippen molar-refractivity contribution < 1.29 is 9.48 Å². The lowest BCUT2D eigenvalue weighted by Gasteiger charge is -2.27. The third kappa shape index (κ3) is 4.53. The minimum atomic E-state index is -2.09. The molecule has 0 aliphatic heterocycles. The fourth-order valence-electron chi connectivity index (χ4n) is 3.51. The summed E-state index contributed by atoms with van der Waals surface area (Å²) in [5, 5.41) is 19.7. The molecule has 4 aromatic rings. The van der Waals surface area contributed by atoms with Crippen LogP contribution in [0.4, 0.5) is 4.39 Å². The van der Waals surface area contributed by atoms with Crippen molar-refractivity contribution in [1.29, 1.82) is 0 Å². The van der Waals surface area contributed by atoms with Gasteiger partial charge in [0.2, 0.25) is 0 Å². The molecule has 0 spiro atoms. The van der Waals surface area contributed by atoms with Gasteiger partial charge in [-0.2, -0.15) is 0 Å². The van der Waals surface area contributed by atoms with Gasteiger partial charge in [-0.15, -0.1) is 0 Å². The molecule has 0 bridgehead atoms. The predicted molar refractivity (Wildman–Crippen MR) is 122 cm³/mol. The highest BCUT2D eigenvalue weighted by Crippen LogP contribution is 2.54. The van der Waals surface area contributed by atoms with Gasteiger partial charge in [-0.05, 0) is 60.7 Å². The largest absolute Gasteiger partial charge is 0.356 e. The van der Waals surface area contributed by atoms with Crippen LogP contribution in [0.25, 0.3) is 0 Å². The van der Waals surface area contributed by atoms with Crippen LogP contribution in [0.3, 0.4) is 0 Å². The van der Waals surface area contributed by atoms with E-state index in [1.165, 1.54) is 15.9 Å². The lowest BCUT2D eigenvalue weighted by atomic mass is 10.3. The van der Waals surface area contributed by atoms with E-state index in [0.29, 0.717) is 0 Å². The van der Waals surface area contributed by atoms with E-state index < -0.39 is 12.3 Å². The second-order valence-corrected chi connectivity index (χ2v) is 9.78. The first-order chi connectivity index (χ1) is 14.5. The van der Waals surface area contributed by atoms with Crippen LogP contribution >= 0.6 is 7.26 Å². The molecule has 0 fully saturated rings. The Hall–Kier alpha value is -3.56. The van der Waals surface area contributed by atoms with Crippen molar-refractivity contribution in [3.63, 3.8) is 0 Å². The molecule has 0 unspecified atom stereocenters. The highest BCUT2D eigenvalue weighted by Gasteiger charge is 2.47. The van der Waals surface area contributed by atoms with E-state index in [9.17, 15) is 4.39 Å². The molecule has 6 heteroatoms. The van der Waals surface area contributed by atoms with Gasteiger partial charge in [0.15, 0.2) is 0 Å². The molecule has 0 N–H and O–H groups in total. The van der Waals surface area contributed by atoms with Crippen LogP contribution in [0.5, 0.6) is 0 Å². The first-order valence-corrected chi connectivity index (χ1v) is 11.0. The molecule has 0 heterocycles. The van der Waals surface area contributed by atoms with Crippen LogP contribution in [0, 0.1) is 21.1 Å². The molecular weight excluding hydrogens is 399 g/mol. The van der Waals surface area contributed by atoms with Crippen molar-refractivity contribution in [3.05, 3.63) is 136 Å². The highest BCUT2D eigenvalue weighted by molar-refractivity contribution is 8.01. The van der Waals surface area contributed by atoms with Gasteiger partial charge >= 0.3 is 0 Å². The van der Waals surface area contributed by atoms with Crippen molar-refractivity contribution in [2.45, 2.75) is 0 Å². The molecule has 0 aromatic heterocycles. The van der Waals surface area contributed by atoms with Crippen molar-refractivity contribution in [3.8, 4) is 0 Å². The summed E-state index contributed by atoms with van der Waals surface area (Å²) >= 11 is 0. The fourth-order valence-corrected chi connectivity index (χ4v) is 7.76. The molecule has 0 atom stereocenters. The fraction of sp³-hybridized carbons (Fsp3) is 0. The first kappa shape index (κ1) is 21.2. The summed E-state index contributed by atoms with van der Waals surface area (Å²) in [6.07, 6.45) is 0. The van der Waals surface area contributed by atoms with E-state index in [-0.39, 0.29) is 5.82 Å². The summed E-state index contributed by atoms with van der Waals surface area (Å²) in [6, 6.07) is 38.8. The van der Waals surface area contributed by atoms with Crippen molar-refractivity contribution >= 4 is 28.5 Å². The van der Waals surface area contributed by atoms with E-state index in [1.807, 2.05) is 30.3 Å². The molecular formula is C24H19FNO3P. The second kappa shape index (κ2) is 9.77. The van der Waals surface area contributed by atoms with Gasteiger partial charge in [-0.1, -0.05) is 54.6 Å². The summed E-state index contributed by atoms with van der Waals surface area (Å²) < 4.78 is 13.7. The van der Waals surface area contributed by atoms with E-state index in [0.717, 1.165) is 5.30 Å². The highest BCUT2D eigenvalue weighted by atomic mass is 31.2. The van der Waals surface area contributed by atoms with Gasteiger partial charge in [0.25, 0.3) is 0 Å². The number of hydrogen-bond donors (Lipinski definition) is 0. The quantitative estimate of drug-likeness (QED) is 0.283. The lowest BCUT2D eigenvalue weighted by Crippen LogP contribution is -2.38. The number of benzene rings is 4. The number of hydrogen-bond acceptors (Lipinski definition) is 3. The molecule has 0 radical (unpaired) electrons. The standard InChI is InChI=1S/C24H19FP.NO3/c25-20-16-18-24(19-17-20)26(21-10-4-1-5-11-21,22-12-6-2-7-13-22)23-14-8-3-9-15-23;2-1(3)4/h1-19H;/q+1;-1/i25-1;. The molecule has 4 nitrogen and oxygen atoms in total. The normalized spacial score (nSPS) is 10.6. The summed E-state index contributed by atoms with van der Waals surface area (Å²) in [5.41, 5.74) is 0. The average Bonchev–Trinajstić information content (AvgIpc) is 2.77. The van der Waals surface area contributed by atoms with Crippen LogP contribution in [0.2, 0.25) is 0 Å². The van der Waals surface area contributed by atoms with E-state index in [2.05, 4.69) is 72.8 Å². The van der Waals surface area contributed by atoms with Crippen molar-refractivity contribution in [2.24, 2.45) is 0 Å². The Kier molecular flexibility index (Phi) is 6.89. The molecule has 30 heavy (non-hydrogen) atoms. The predicted octanol–water partition coefficient (Wildman–Crippen LogP) is 4.21. The van der Waals surface area contributed by atoms with Crippen LogP contribution < -0.4 is 21.2 Å². The maximum atomic E-state index is 13.7. The van der Waals surface area contributed by atoms with E-state index in [1.54, 1.807) is 12.1 Å². The molecule has 0 saturated carbocycles. The first-order valence-electron chi connectivity index (χ1n) is 9.18. The molecule has 4 aromatic carbocycles. The summed E-state index contributed by atoms with van der Waals surface area (Å²) in [6.45, 7) is 0. The third-order valence-corrected chi connectivity index (χ3v) is 8.94. The van der Waals surface area contributed by atoms with E-state index in [4.69, 9.17) is 15.3 Å². The van der Waals surface area contributed by atoms with Gasteiger partial charge in [0.05, 0.1) is 5.09 Å². The number of halogens is 1. The number of nitrogens with zero attached hydrogens (tertiary/aromatic N) is 1. The minimum absolute atomic E-state index is 0.207. The topological polar surface area (TPSA) is 66.2 Å². The Morgan fingerprint density at radius 2 is 0.800 bits per heavy atom. The van der Waals surface area contributed by atoms with Crippen molar-refractivity contribution in [1.82, 2.24) is 0 Å². The van der Waals surface area contributed by atoms with Crippen LogP contribution in [0.1, 0.15) is 0 Å². The molecule has 0 aliphatic rings. The van der Waals surface area contributed by atoms with Crippen molar-refractivity contribution in [2.75, 3.05) is 0 Å². The minimum Gasteiger partial charge on any atom is -0.356 e. The van der Waals surface area contributed by atoms with Gasteiger partial charge < -0.3 is 15.3 Å². The van der Waals surface area contributed by atoms with Crippen LogP contribution in [0.15, 0.2) is 115 Å². The second-order valence-electron chi connectivity index (χ2n) is 6.38. The van der Waals surface area contributed by atoms with Gasteiger partial charge in [-0.25, -0.2) is 4.39 Å². The van der Waals surface area contributed by atoms with Gasteiger partial charge in [0.1, 0.15) is 34.3 Å². The maximum Gasteiger partial charge on any atom is 0.144 e. The Morgan fingerprint density at radius 1 is 0.533 bits per heavy atom. The summed E-state index contributed by atoms with van der Waals surface area (Å²) in [4.78, 5) is 8.25. The Morgan fingerprint density at radius 3 is 1.10 bits per heavy atom. The lowest BCUT2D eigenvalue weighted by molar-refractivity contribution is -0.402. The summed E-state index contributed by atoms with van der Waals surface area (Å²) in [5.74, 6) is -0.207. The Bertz CT molecular complexity index is 975. The third-order valence-electron chi connectivity index (χ3n) is 4.64. The zero-order valence-electron chi connectivity index (χ0n) is 16.0. The molecule has 0 amide bonds. The van der Waals surface area contributed by atoms with Crippen LogP contribution in [-0.4, -0.2) is 5.09 Å². The molecule has 0 saturated heterocycles. The van der Waals surface area contributed by atoms with E-state index >= 15 is 0 Å². The zero-order valence-corrected chi connectivity index (χ0v) is 16.9. The van der Waals surface area contributed by atoms with Gasteiger partial charge in [0, 0.05) is 0 Å². The van der Waals surface area contributed by atoms with Crippen LogP contribution in [-0.2, 0) is 0 Å². The SMILES string of the molecule is O=[N+]([O-])[O-].[18F]c1ccc([P+](c2ccccc2)(c2ccccc2)c2ccccc2)cc1. The zero-order chi connectivity index (χ0) is 21.4. The Balaban J connectivity index is 0.000000589. The maximum absolute atomic E-state index is 13.7. The molecule has 0 aliphatic carbocycles. The average molecular weight is 418 g/mol. The van der Waals surface area contributed by atoms with Gasteiger partial charge in [-0.3, -0.25) is 0 Å². The molecule has 150 valence electrons. The smallest absolute Gasteiger partial charge is 0.144 e.